The second-order valence-electron chi connectivity index (χ2n) is 11.6. The Balaban J connectivity index is 1.33. The van der Waals surface area contributed by atoms with Crippen molar-refractivity contribution in [2.75, 3.05) is 18.6 Å². The molecule has 38 heavy (non-hydrogen) atoms. The van der Waals surface area contributed by atoms with Gasteiger partial charge in [0.25, 0.3) is 0 Å². The van der Waals surface area contributed by atoms with E-state index in [2.05, 4.69) is 120 Å². The Morgan fingerprint density at radius 1 is 0.842 bits per heavy atom. The van der Waals surface area contributed by atoms with Crippen molar-refractivity contribution in [3.8, 4) is 17.3 Å². The standard InChI is InChI=1S/C32H32N4OSi/c1-32(2)30-20-34(3)21-35(30)28-19-23(14-16-29(28)38(32,4)5)37-22-13-15-25-24-10-6-7-11-26(24)36(27(25)18-22)31-12-8-9-17-33-31/h6-20H,21H2,1-5H3. The Morgan fingerprint density at radius 3 is 2.39 bits per heavy atom. The van der Waals surface area contributed by atoms with Crippen LogP contribution < -0.4 is 14.8 Å². The van der Waals surface area contributed by atoms with Gasteiger partial charge < -0.3 is 14.5 Å². The van der Waals surface area contributed by atoms with Crippen molar-refractivity contribution in [1.29, 1.82) is 0 Å². The first-order chi connectivity index (χ1) is 18.3. The van der Waals surface area contributed by atoms with Crippen LogP contribution in [0.15, 0.2) is 97.0 Å². The number of aromatic nitrogens is 2. The number of nitrogens with zero attached hydrogens (tertiary/aromatic N) is 4. The third kappa shape index (κ3) is 3.19. The molecule has 6 heteroatoms. The van der Waals surface area contributed by atoms with E-state index in [0.29, 0.717) is 0 Å². The summed E-state index contributed by atoms with van der Waals surface area (Å²) in [7, 11) is 0.387. The smallest absolute Gasteiger partial charge is 0.137 e. The van der Waals surface area contributed by atoms with Crippen LogP contribution in [-0.4, -0.2) is 36.2 Å². The molecule has 2 aromatic heterocycles. The van der Waals surface area contributed by atoms with E-state index in [0.717, 1.165) is 35.0 Å². The second kappa shape index (κ2) is 7.98. The first-order valence-corrected chi connectivity index (χ1v) is 16.2. The van der Waals surface area contributed by atoms with Gasteiger partial charge in [0, 0.05) is 58.8 Å². The van der Waals surface area contributed by atoms with Crippen molar-refractivity contribution in [2.24, 2.45) is 0 Å². The van der Waals surface area contributed by atoms with Crippen molar-refractivity contribution < 1.29 is 4.74 Å². The Hall–Kier alpha value is -4.03. The van der Waals surface area contributed by atoms with E-state index >= 15 is 0 Å². The van der Waals surface area contributed by atoms with Crippen LogP contribution in [0.3, 0.4) is 0 Å². The van der Waals surface area contributed by atoms with Gasteiger partial charge in [-0.15, -0.1) is 0 Å². The molecule has 0 saturated carbocycles. The fourth-order valence-electron chi connectivity index (χ4n) is 6.19. The summed E-state index contributed by atoms with van der Waals surface area (Å²) in [5, 5.41) is 4.04. The average molecular weight is 517 g/mol. The first kappa shape index (κ1) is 23.1. The molecule has 0 saturated heterocycles. The zero-order chi connectivity index (χ0) is 26.2. The van der Waals surface area contributed by atoms with Gasteiger partial charge in [-0.3, -0.25) is 4.57 Å². The maximum absolute atomic E-state index is 6.56. The number of hydrogen-bond acceptors (Lipinski definition) is 4. The largest absolute Gasteiger partial charge is 0.457 e. The summed E-state index contributed by atoms with van der Waals surface area (Å²) in [5.74, 6) is 2.58. The molecule has 190 valence electrons. The Kier molecular flexibility index (Phi) is 4.85. The molecule has 0 unspecified atom stereocenters. The van der Waals surface area contributed by atoms with Gasteiger partial charge in [-0.2, -0.15) is 0 Å². The lowest BCUT2D eigenvalue weighted by molar-refractivity contribution is 0.481. The van der Waals surface area contributed by atoms with Gasteiger partial charge in [-0.25, -0.2) is 4.98 Å². The SMILES string of the molecule is CN1C=C2N(C1)c1cc(Oc3ccc4c5ccccc5n(-c5ccccn5)c4c3)ccc1[Si](C)(C)C2(C)C. The summed E-state index contributed by atoms with van der Waals surface area (Å²) in [6.07, 6.45) is 4.17. The topological polar surface area (TPSA) is 33.5 Å². The monoisotopic (exact) mass is 516 g/mol. The fraction of sp³-hybridized carbons (Fsp3) is 0.219. The molecule has 0 atom stereocenters. The zero-order valence-electron chi connectivity index (χ0n) is 22.6. The predicted molar refractivity (Wildman–Crippen MR) is 159 cm³/mol. The summed E-state index contributed by atoms with van der Waals surface area (Å²) in [5.41, 5.74) is 4.93. The quantitative estimate of drug-likeness (QED) is 0.237. The van der Waals surface area contributed by atoms with E-state index in [4.69, 9.17) is 4.74 Å². The average Bonchev–Trinajstić information content (AvgIpc) is 3.46. The highest BCUT2D eigenvalue weighted by atomic mass is 28.3. The number of anilines is 1. The lowest BCUT2D eigenvalue weighted by atomic mass is 10.1. The summed E-state index contributed by atoms with van der Waals surface area (Å²) < 4.78 is 8.78. The number of hydrogen-bond donors (Lipinski definition) is 0. The van der Waals surface area contributed by atoms with E-state index in [9.17, 15) is 0 Å². The van der Waals surface area contributed by atoms with Crippen LogP contribution in [-0.2, 0) is 0 Å². The minimum Gasteiger partial charge on any atom is -0.457 e. The molecule has 5 aromatic rings. The molecular weight excluding hydrogens is 484 g/mol. The van der Waals surface area contributed by atoms with E-state index < -0.39 is 8.07 Å². The summed E-state index contributed by atoms with van der Waals surface area (Å²) in [6, 6.07) is 27.6. The molecule has 2 aliphatic heterocycles. The van der Waals surface area contributed by atoms with Gasteiger partial charge in [0.1, 0.15) is 17.3 Å². The maximum atomic E-state index is 6.56. The van der Waals surface area contributed by atoms with Crippen molar-refractivity contribution in [3.05, 3.63) is 97.0 Å². The highest BCUT2D eigenvalue weighted by molar-refractivity contribution is 6.94. The number of pyridine rings is 1. The molecule has 4 heterocycles. The molecule has 2 aliphatic rings. The third-order valence-corrected chi connectivity index (χ3v) is 14.0. The van der Waals surface area contributed by atoms with E-state index in [1.165, 1.54) is 27.3 Å². The van der Waals surface area contributed by atoms with Crippen LogP contribution in [0.2, 0.25) is 18.1 Å². The number of rotatable bonds is 3. The normalized spacial score (nSPS) is 17.4. The Labute approximate surface area is 224 Å². The summed E-state index contributed by atoms with van der Waals surface area (Å²) in [4.78, 5) is 9.42. The number of ether oxygens (including phenoxy) is 1. The molecule has 0 N–H and O–H groups in total. The van der Waals surface area contributed by atoms with Gasteiger partial charge in [-0.05, 0) is 41.6 Å². The van der Waals surface area contributed by atoms with Crippen molar-refractivity contribution in [3.63, 3.8) is 0 Å². The highest BCUT2D eigenvalue weighted by Crippen LogP contribution is 2.53. The molecule has 0 bridgehead atoms. The molecule has 0 aliphatic carbocycles. The van der Waals surface area contributed by atoms with Crippen LogP contribution in [0.5, 0.6) is 11.5 Å². The molecule has 5 nitrogen and oxygen atoms in total. The lowest BCUT2D eigenvalue weighted by Crippen LogP contribution is -2.58. The predicted octanol–water partition coefficient (Wildman–Crippen LogP) is 7.23. The molecule has 0 amide bonds. The third-order valence-electron chi connectivity index (χ3n) is 8.89. The Bertz CT molecular complexity index is 1750. The minimum absolute atomic E-state index is 0.150. The second-order valence-corrected chi connectivity index (χ2v) is 16.6. The van der Waals surface area contributed by atoms with Crippen LogP contribution in [0.4, 0.5) is 5.69 Å². The van der Waals surface area contributed by atoms with Gasteiger partial charge >= 0.3 is 0 Å². The van der Waals surface area contributed by atoms with Crippen molar-refractivity contribution in [2.45, 2.75) is 32.0 Å². The molecule has 0 radical (unpaired) electrons. The van der Waals surface area contributed by atoms with Gasteiger partial charge in [0.05, 0.1) is 25.8 Å². The van der Waals surface area contributed by atoms with Crippen molar-refractivity contribution >= 4 is 40.8 Å². The highest BCUT2D eigenvalue weighted by Gasteiger charge is 2.52. The minimum atomic E-state index is -1.77. The van der Waals surface area contributed by atoms with Crippen LogP contribution in [0, 0.1) is 0 Å². The van der Waals surface area contributed by atoms with Crippen LogP contribution in [0.1, 0.15) is 13.8 Å². The molecule has 0 fully saturated rings. The molecule has 3 aromatic carbocycles. The summed E-state index contributed by atoms with van der Waals surface area (Å²) in [6.45, 7) is 10.7. The van der Waals surface area contributed by atoms with E-state index in [1.807, 2.05) is 24.4 Å². The first-order valence-electron chi connectivity index (χ1n) is 13.2. The van der Waals surface area contributed by atoms with Crippen LogP contribution >= 0.6 is 0 Å². The number of benzene rings is 3. The van der Waals surface area contributed by atoms with Gasteiger partial charge in [0.2, 0.25) is 0 Å². The molecule has 7 rings (SSSR count). The van der Waals surface area contributed by atoms with E-state index in [1.54, 1.807) is 0 Å². The molecular formula is C32H32N4OSi. The lowest BCUT2D eigenvalue weighted by Gasteiger charge is -2.50. The van der Waals surface area contributed by atoms with Crippen LogP contribution in [0.25, 0.3) is 27.6 Å². The van der Waals surface area contributed by atoms with Gasteiger partial charge in [0.15, 0.2) is 0 Å². The number of fused-ring (bicyclic) bond motifs is 6. The summed E-state index contributed by atoms with van der Waals surface area (Å²) >= 11 is 0. The van der Waals surface area contributed by atoms with Crippen molar-refractivity contribution in [1.82, 2.24) is 14.5 Å². The molecule has 0 spiro atoms. The number of allylic oxidation sites excluding steroid dienone is 1. The Morgan fingerprint density at radius 2 is 1.58 bits per heavy atom. The van der Waals surface area contributed by atoms with E-state index in [-0.39, 0.29) is 5.04 Å². The maximum Gasteiger partial charge on any atom is 0.137 e. The fourth-order valence-corrected chi connectivity index (χ4v) is 9.05. The zero-order valence-corrected chi connectivity index (χ0v) is 23.6. The number of para-hydroxylation sites is 1. The van der Waals surface area contributed by atoms with Gasteiger partial charge in [-0.1, -0.05) is 57.3 Å².